The van der Waals surface area contributed by atoms with E-state index in [4.69, 9.17) is 16.3 Å². The van der Waals surface area contributed by atoms with Crippen LogP contribution in [0.15, 0.2) is 23.1 Å². The minimum absolute atomic E-state index is 0.0497. The first-order valence-electron chi connectivity index (χ1n) is 9.26. The first kappa shape index (κ1) is 18.7. The number of carbonyl (C=O) groups is 1. The Bertz CT molecular complexity index is 1110. The van der Waals surface area contributed by atoms with Crippen LogP contribution in [0.3, 0.4) is 0 Å². The van der Waals surface area contributed by atoms with Crippen LogP contribution < -0.4 is 5.69 Å². The van der Waals surface area contributed by atoms with Crippen molar-refractivity contribution in [3.05, 3.63) is 34.0 Å². The van der Waals surface area contributed by atoms with Gasteiger partial charge in [0.25, 0.3) is 0 Å². The van der Waals surface area contributed by atoms with Gasteiger partial charge < -0.3 is 14.6 Å². The molecule has 0 radical (unpaired) electrons. The fraction of sp³-hybridized carbons (Fsp3) is 0.474. The minimum Gasteiger partial charge on any atom is -0.444 e. The van der Waals surface area contributed by atoms with Crippen molar-refractivity contribution in [2.75, 3.05) is 13.1 Å². The zero-order valence-corrected chi connectivity index (χ0v) is 16.8. The molecule has 4 rings (SSSR count). The average Bonchev–Trinajstić information content (AvgIpc) is 2.96. The van der Waals surface area contributed by atoms with E-state index in [9.17, 15) is 9.59 Å². The molecule has 3 aromatic rings. The second kappa shape index (κ2) is 6.77. The highest BCUT2D eigenvalue weighted by molar-refractivity contribution is 6.30. The van der Waals surface area contributed by atoms with Crippen molar-refractivity contribution in [3.8, 4) is 0 Å². The van der Waals surface area contributed by atoms with Crippen LogP contribution in [0.2, 0.25) is 5.15 Å². The lowest BCUT2D eigenvalue weighted by atomic mass is 10.0. The molecule has 0 unspecified atom stereocenters. The summed E-state index contributed by atoms with van der Waals surface area (Å²) in [5, 5.41) is 0.349. The maximum atomic E-state index is 12.7. The number of fused-ring (bicyclic) bond motifs is 3. The molecule has 4 heterocycles. The Labute approximate surface area is 166 Å². The quantitative estimate of drug-likeness (QED) is 0.627. The van der Waals surface area contributed by atoms with Crippen molar-refractivity contribution in [2.45, 2.75) is 45.3 Å². The van der Waals surface area contributed by atoms with E-state index in [1.807, 2.05) is 20.8 Å². The van der Waals surface area contributed by atoms with Crippen LogP contribution in [-0.2, 0) is 4.74 Å². The van der Waals surface area contributed by atoms with Crippen molar-refractivity contribution in [1.82, 2.24) is 24.4 Å². The van der Waals surface area contributed by atoms with Gasteiger partial charge in [0.15, 0.2) is 0 Å². The molecule has 9 heteroatoms. The number of hydrogen-bond acceptors (Lipinski definition) is 5. The van der Waals surface area contributed by atoms with Gasteiger partial charge in [0.2, 0.25) is 0 Å². The molecule has 8 nitrogen and oxygen atoms in total. The van der Waals surface area contributed by atoms with Gasteiger partial charge in [-0.2, -0.15) is 0 Å². The summed E-state index contributed by atoms with van der Waals surface area (Å²) < 4.78 is 7.18. The lowest BCUT2D eigenvalue weighted by molar-refractivity contribution is 0.0189. The summed E-state index contributed by atoms with van der Waals surface area (Å²) in [4.78, 5) is 38.3. The number of aromatic amines is 1. The van der Waals surface area contributed by atoms with Crippen molar-refractivity contribution in [2.24, 2.45) is 0 Å². The zero-order valence-electron chi connectivity index (χ0n) is 16.0. The molecule has 28 heavy (non-hydrogen) atoms. The molecule has 0 aliphatic carbocycles. The van der Waals surface area contributed by atoms with E-state index < -0.39 is 5.60 Å². The number of likely N-dealkylation sites (tertiary alicyclic amines) is 1. The van der Waals surface area contributed by atoms with Gasteiger partial charge in [0, 0.05) is 19.1 Å². The molecule has 1 aliphatic rings. The molecular formula is C19H22ClN5O3. The predicted octanol–water partition coefficient (Wildman–Crippen LogP) is 3.50. The molecule has 3 aromatic heterocycles. The monoisotopic (exact) mass is 403 g/mol. The molecule has 0 spiro atoms. The highest BCUT2D eigenvalue weighted by Gasteiger charge is 2.29. The molecule has 1 amide bonds. The van der Waals surface area contributed by atoms with Crippen LogP contribution >= 0.6 is 11.6 Å². The lowest BCUT2D eigenvalue weighted by Gasteiger charge is -2.33. The number of rotatable bonds is 1. The van der Waals surface area contributed by atoms with Crippen LogP contribution in [0.1, 0.15) is 39.7 Å². The highest BCUT2D eigenvalue weighted by Crippen LogP contribution is 2.29. The Kier molecular flexibility index (Phi) is 4.53. The third-order valence-electron chi connectivity index (χ3n) is 4.83. The number of amides is 1. The van der Waals surface area contributed by atoms with Crippen molar-refractivity contribution < 1.29 is 9.53 Å². The van der Waals surface area contributed by atoms with Crippen LogP contribution in [-0.4, -0.2) is 49.2 Å². The molecule has 1 saturated heterocycles. The van der Waals surface area contributed by atoms with E-state index in [1.54, 1.807) is 27.8 Å². The summed E-state index contributed by atoms with van der Waals surface area (Å²) in [6.45, 7) is 6.59. The topological polar surface area (TPSA) is 93.1 Å². The number of hydrogen-bond donors (Lipinski definition) is 1. The van der Waals surface area contributed by atoms with E-state index in [2.05, 4.69) is 15.0 Å². The Hall–Kier alpha value is -2.61. The maximum absolute atomic E-state index is 12.7. The van der Waals surface area contributed by atoms with Crippen LogP contribution in [0.4, 0.5) is 4.79 Å². The fourth-order valence-electron chi connectivity index (χ4n) is 3.62. The van der Waals surface area contributed by atoms with E-state index >= 15 is 0 Å². The van der Waals surface area contributed by atoms with Crippen molar-refractivity contribution in [1.29, 1.82) is 0 Å². The average molecular weight is 404 g/mol. The van der Waals surface area contributed by atoms with Crippen LogP contribution in [0, 0.1) is 0 Å². The summed E-state index contributed by atoms with van der Waals surface area (Å²) in [5.41, 5.74) is 1.86. The largest absolute Gasteiger partial charge is 0.444 e. The zero-order chi connectivity index (χ0) is 20.1. The molecular weight excluding hydrogens is 382 g/mol. The number of nitrogens with zero attached hydrogens (tertiary/aromatic N) is 4. The van der Waals surface area contributed by atoms with Crippen molar-refractivity contribution >= 4 is 39.8 Å². The first-order valence-corrected chi connectivity index (χ1v) is 9.64. The van der Waals surface area contributed by atoms with Gasteiger partial charge in [-0.15, -0.1) is 0 Å². The summed E-state index contributed by atoms with van der Waals surface area (Å²) in [7, 11) is 0. The number of halogens is 1. The molecule has 1 fully saturated rings. The maximum Gasteiger partial charge on any atom is 0.410 e. The van der Waals surface area contributed by atoms with Crippen LogP contribution in [0.25, 0.3) is 22.1 Å². The number of pyridine rings is 2. The first-order chi connectivity index (χ1) is 13.2. The van der Waals surface area contributed by atoms with Gasteiger partial charge in [0.05, 0.1) is 22.7 Å². The van der Waals surface area contributed by atoms with Gasteiger partial charge in [-0.05, 0) is 45.7 Å². The number of piperidine rings is 1. The predicted molar refractivity (Wildman–Crippen MR) is 107 cm³/mol. The summed E-state index contributed by atoms with van der Waals surface area (Å²) in [5.74, 6) is 0. The smallest absolute Gasteiger partial charge is 0.410 e. The number of imidazole rings is 1. The number of nitrogens with one attached hydrogen (secondary N) is 1. The summed E-state index contributed by atoms with van der Waals surface area (Å²) in [6.07, 6.45) is 2.62. The van der Waals surface area contributed by atoms with Gasteiger partial charge in [-0.25, -0.2) is 14.6 Å². The van der Waals surface area contributed by atoms with Gasteiger partial charge in [-0.3, -0.25) is 9.55 Å². The van der Waals surface area contributed by atoms with E-state index in [1.165, 1.54) is 0 Å². The number of aromatic nitrogens is 4. The second-order valence-electron chi connectivity index (χ2n) is 8.02. The van der Waals surface area contributed by atoms with Crippen LogP contribution in [0.5, 0.6) is 0 Å². The van der Waals surface area contributed by atoms with E-state index in [-0.39, 0.29) is 17.8 Å². The minimum atomic E-state index is -0.529. The fourth-order valence-corrected chi connectivity index (χ4v) is 3.77. The lowest BCUT2D eigenvalue weighted by Crippen LogP contribution is -2.43. The van der Waals surface area contributed by atoms with Gasteiger partial charge in [0.1, 0.15) is 16.3 Å². The molecule has 0 aromatic carbocycles. The second-order valence-corrected chi connectivity index (χ2v) is 8.41. The highest BCUT2D eigenvalue weighted by atomic mass is 35.5. The Balaban J connectivity index is 1.66. The molecule has 0 atom stereocenters. The van der Waals surface area contributed by atoms with E-state index in [0.29, 0.717) is 53.2 Å². The molecule has 1 N–H and O–H groups in total. The van der Waals surface area contributed by atoms with E-state index in [0.717, 1.165) is 0 Å². The Morgan fingerprint density at radius 1 is 1.29 bits per heavy atom. The Morgan fingerprint density at radius 2 is 2.00 bits per heavy atom. The third-order valence-corrected chi connectivity index (χ3v) is 5.05. The molecule has 148 valence electrons. The normalized spacial score (nSPS) is 16.1. The number of ether oxygens (including phenoxy) is 1. The molecule has 0 bridgehead atoms. The molecule has 1 aliphatic heterocycles. The summed E-state index contributed by atoms with van der Waals surface area (Å²) >= 11 is 6.08. The Morgan fingerprint density at radius 3 is 2.68 bits per heavy atom. The van der Waals surface area contributed by atoms with Gasteiger partial charge in [-0.1, -0.05) is 11.6 Å². The SMILES string of the molecule is CC(C)(C)OC(=O)N1CCC(n2c(=O)[nH]c3cnc4ccc(Cl)nc4c32)CC1. The third kappa shape index (κ3) is 3.44. The molecule has 0 saturated carbocycles. The standard InChI is InChI=1S/C19H22ClN5O3/c1-19(2,3)28-18(27)24-8-6-11(7-9-24)25-16-13(22-17(25)26)10-21-12-4-5-14(20)23-15(12)16/h4-5,10-11H,6-9H2,1-3H3,(H,22,26). The number of H-pyrrole nitrogens is 1. The van der Waals surface area contributed by atoms with Crippen molar-refractivity contribution in [3.63, 3.8) is 0 Å². The van der Waals surface area contributed by atoms with Gasteiger partial charge >= 0.3 is 11.8 Å². The summed E-state index contributed by atoms with van der Waals surface area (Å²) in [6, 6.07) is 3.42. The number of carbonyl (C=O) groups excluding carboxylic acids is 1.